The fourth-order valence-corrected chi connectivity index (χ4v) is 3.36. The SMILES string of the molecule is COc1cccc(-c2csc3c(C#CCN)cnc(N)c23)c1. The van der Waals surface area contributed by atoms with Crippen molar-refractivity contribution in [3.05, 3.63) is 41.4 Å². The van der Waals surface area contributed by atoms with E-state index >= 15 is 0 Å². The molecule has 0 bridgehead atoms. The number of nitrogens with two attached hydrogens (primary N) is 2. The number of nitrogens with zero attached hydrogens (tertiary/aromatic N) is 1. The van der Waals surface area contributed by atoms with Gasteiger partial charge in [0, 0.05) is 17.1 Å². The topological polar surface area (TPSA) is 74.2 Å². The molecule has 0 atom stereocenters. The Kier molecular flexibility index (Phi) is 3.96. The second-order valence-corrected chi connectivity index (χ2v) is 5.53. The Balaban J connectivity index is 2.23. The zero-order valence-electron chi connectivity index (χ0n) is 12.1. The lowest BCUT2D eigenvalue weighted by atomic mass is 10.0. The number of methoxy groups -OCH3 is 1. The highest BCUT2D eigenvalue weighted by Crippen LogP contribution is 2.39. The molecule has 0 unspecified atom stereocenters. The van der Waals surface area contributed by atoms with E-state index in [1.165, 1.54) is 0 Å². The maximum Gasteiger partial charge on any atom is 0.132 e. The van der Waals surface area contributed by atoms with Gasteiger partial charge in [-0.2, -0.15) is 0 Å². The van der Waals surface area contributed by atoms with E-state index < -0.39 is 0 Å². The third kappa shape index (κ3) is 2.50. The molecule has 3 aromatic rings. The van der Waals surface area contributed by atoms with Gasteiger partial charge in [0.2, 0.25) is 0 Å². The van der Waals surface area contributed by atoms with Crippen molar-refractivity contribution in [3.8, 4) is 28.7 Å². The summed E-state index contributed by atoms with van der Waals surface area (Å²) < 4.78 is 6.33. The van der Waals surface area contributed by atoms with Crippen molar-refractivity contribution in [2.45, 2.75) is 0 Å². The maximum absolute atomic E-state index is 6.10. The van der Waals surface area contributed by atoms with Crippen LogP contribution in [0.15, 0.2) is 35.8 Å². The minimum absolute atomic E-state index is 0.319. The fraction of sp³-hybridized carbons (Fsp3) is 0.118. The Morgan fingerprint density at radius 2 is 2.23 bits per heavy atom. The summed E-state index contributed by atoms with van der Waals surface area (Å²) in [4.78, 5) is 4.27. The molecule has 5 heteroatoms. The molecule has 0 amide bonds. The summed E-state index contributed by atoms with van der Waals surface area (Å²) in [6.45, 7) is 0.319. The Labute approximate surface area is 132 Å². The molecule has 0 saturated heterocycles. The van der Waals surface area contributed by atoms with Crippen molar-refractivity contribution in [2.75, 3.05) is 19.4 Å². The van der Waals surface area contributed by atoms with Crippen molar-refractivity contribution in [3.63, 3.8) is 0 Å². The molecule has 4 N–H and O–H groups in total. The van der Waals surface area contributed by atoms with Crippen LogP contribution in [0.1, 0.15) is 5.56 Å². The van der Waals surface area contributed by atoms with Crippen LogP contribution in [-0.4, -0.2) is 18.6 Å². The molecule has 0 saturated carbocycles. The van der Waals surface area contributed by atoms with Gasteiger partial charge in [0.05, 0.1) is 23.9 Å². The first kappa shape index (κ1) is 14.4. The summed E-state index contributed by atoms with van der Waals surface area (Å²) in [7, 11) is 1.65. The smallest absolute Gasteiger partial charge is 0.132 e. The molecule has 110 valence electrons. The van der Waals surface area contributed by atoms with Crippen molar-refractivity contribution < 1.29 is 4.74 Å². The van der Waals surface area contributed by atoms with Crippen LogP contribution in [0.3, 0.4) is 0 Å². The van der Waals surface area contributed by atoms with E-state index in [1.54, 1.807) is 24.6 Å². The number of aromatic nitrogens is 1. The van der Waals surface area contributed by atoms with Gasteiger partial charge in [-0.15, -0.1) is 11.3 Å². The number of hydrogen-bond acceptors (Lipinski definition) is 5. The number of anilines is 1. The molecule has 22 heavy (non-hydrogen) atoms. The van der Waals surface area contributed by atoms with Crippen molar-refractivity contribution in [1.29, 1.82) is 0 Å². The summed E-state index contributed by atoms with van der Waals surface area (Å²) in [6.07, 6.45) is 1.70. The quantitative estimate of drug-likeness (QED) is 0.714. The van der Waals surface area contributed by atoms with Gasteiger partial charge in [-0.1, -0.05) is 24.0 Å². The number of hydrogen-bond donors (Lipinski definition) is 2. The molecule has 0 radical (unpaired) electrons. The monoisotopic (exact) mass is 309 g/mol. The summed E-state index contributed by atoms with van der Waals surface area (Å²) >= 11 is 1.61. The fourth-order valence-electron chi connectivity index (χ4n) is 2.31. The summed E-state index contributed by atoms with van der Waals surface area (Å²) in [5.74, 6) is 7.24. The molecule has 2 heterocycles. The normalized spacial score (nSPS) is 10.3. The first-order chi connectivity index (χ1) is 10.7. The first-order valence-electron chi connectivity index (χ1n) is 6.73. The van der Waals surface area contributed by atoms with Gasteiger partial charge in [0.15, 0.2) is 0 Å². The highest BCUT2D eigenvalue weighted by molar-refractivity contribution is 7.18. The molecule has 3 rings (SSSR count). The molecular weight excluding hydrogens is 294 g/mol. The molecule has 0 fully saturated rings. The number of fused-ring (bicyclic) bond motifs is 1. The third-order valence-corrected chi connectivity index (χ3v) is 4.34. The second kappa shape index (κ2) is 6.06. The van der Waals surface area contributed by atoms with Crippen LogP contribution in [0.2, 0.25) is 0 Å². The second-order valence-electron chi connectivity index (χ2n) is 4.65. The van der Waals surface area contributed by atoms with Crippen LogP contribution in [0.25, 0.3) is 21.2 Å². The molecular formula is C17H15N3OS. The van der Waals surface area contributed by atoms with E-state index in [0.717, 1.165) is 32.5 Å². The first-order valence-corrected chi connectivity index (χ1v) is 7.61. The number of nitrogen functional groups attached to an aromatic ring is 1. The van der Waals surface area contributed by atoms with E-state index in [2.05, 4.69) is 22.2 Å². The predicted octanol–water partition coefficient (Wildman–Crippen LogP) is 2.86. The number of ether oxygens (including phenoxy) is 1. The van der Waals surface area contributed by atoms with Crippen LogP contribution in [0, 0.1) is 11.8 Å². The lowest BCUT2D eigenvalue weighted by molar-refractivity contribution is 0.415. The Bertz CT molecular complexity index is 890. The summed E-state index contributed by atoms with van der Waals surface area (Å²) in [5, 5.41) is 3.01. The van der Waals surface area contributed by atoms with Crippen LogP contribution < -0.4 is 16.2 Å². The molecule has 4 nitrogen and oxygen atoms in total. The number of thiophene rings is 1. The summed E-state index contributed by atoms with van der Waals surface area (Å²) in [5.41, 5.74) is 14.5. The molecule has 0 aliphatic carbocycles. The molecule has 0 spiro atoms. The standard InChI is InChI=1S/C17H15N3OS/c1-21-13-6-2-4-11(8-13)14-10-22-16-12(5-3-7-18)9-20-17(19)15(14)16/h2,4,6,8-10H,7,18H2,1H3,(H2,19,20). The average molecular weight is 309 g/mol. The van der Waals surface area contributed by atoms with E-state index in [4.69, 9.17) is 16.2 Å². The van der Waals surface area contributed by atoms with E-state index in [-0.39, 0.29) is 0 Å². The Morgan fingerprint density at radius 1 is 1.36 bits per heavy atom. The van der Waals surface area contributed by atoms with Crippen molar-refractivity contribution >= 4 is 27.2 Å². The van der Waals surface area contributed by atoms with Gasteiger partial charge in [-0.3, -0.25) is 0 Å². The lowest BCUT2D eigenvalue weighted by Crippen LogP contribution is -1.95. The minimum Gasteiger partial charge on any atom is -0.497 e. The van der Waals surface area contributed by atoms with Crippen LogP contribution in [-0.2, 0) is 0 Å². The molecule has 0 aliphatic heterocycles. The zero-order chi connectivity index (χ0) is 15.5. The highest BCUT2D eigenvalue weighted by Gasteiger charge is 2.13. The Morgan fingerprint density at radius 3 is 3.00 bits per heavy atom. The lowest BCUT2D eigenvalue weighted by Gasteiger charge is -2.05. The van der Waals surface area contributed by atoms with Crippen molar-refractivity contribution in [1.82, 2.24) is 4.98 Å². The predicted molar refractivity (Wildman–Crippen MR) is 92.0 cm³/mol. The van der Waals surface area contributed by atoms with Gasteiger partial charge in [-0.05, 0) is 23.1 Å². The molecule has 1 aromatic carbocycles. The number of benzene rings is 1. The molecule has 2 aromatic heterocycles. The van der Waals surface area contributed by atoms with Crippen LogP contribution >= 0.6 is 11.3 Å². The highest BCUT2D eigenvalue weighted by atomic mass is 32.1. The van der Waals surface area contributed by atoms with Crippen LogP contribution in [0.4, 0.5) is 5.82 Å². The zero-order valence-corrected chi connectivity index (χ0v) is 12.9. The van der Waals surface area contributed by atoms with E-state index in [1.807, 2.05) is 24.3 Å². The van der Waals surface area contributed by atoms with E-state index in [9.17, 15) is 0 Å². The minimum atomic E-state index is 0.319. The van der Waals surface area contributed by atoms with E-state index in [0.29, 0.717) is 12.4 Å². The Hall–Kier alpha value is -2.55. The number of rotatable bonds is 2. The van der Waals surface area contributed by atoms with Gasteiger partial charge < -0.3 is 16.2 Å². The van der Waals surface area contributed by atoms with Gasteiger partial charge in [0.25, 0.3) is 0 Å². The van der Waals surface area contributed by atoms with Gasteiger partial charge in [-0.25, -0.2) is 4.98 Å². The van der Waals surface area contributed by atoms with Gasteiger partial charge in [0.1, 0.15) is 11.6 Å². The average Bonchev–Trinajstić information content (AvgIpc) is 3.00. The van der Waals surface area contributed by atoms with Crippen molar-refractivity contribution in [2.24, 2.45) is 5.73 Å². The molecule has 0 aliphatic rings. The van der Waals surface area contributed by atoms with Gasteiger partial charge >= 0.3 is 0 Å². The maximum atomic E-state index is 6.10. The van der Waals surface area contributed by atoms with Crippen LogP contribution in [0.5, 0.6) is 5.75 Å². The largest absolute Gasteiger partial charge is 0.497 e. The summed E-state index contributed by atoms with van der Waals surface area (Å²) in [6, 6.07) is 7.89. The number of pyridine rings is 1. The third-order valence-electron chi connectivity index (χ3n) is 3.33.